The van der Waals surface area contributed by atoms with E-state index in [9.17, 15) is 0 Å². The fourth-order valence-corrected chi connectivity index (χ4v) is 2.74. The van der Waals surface area contributed by atoms with Crippen LogP contribution in [0.2, 0.25) is 10.0 Å². The molecular formula is C17H20Cl2N2. The van der Waals surface area contributed by atoms with Crippen LogP contribution in [0.4, 0.5) is 0 Å². The Morgan fingerprint density at radius 3 is 2.52 bits per heavy atom. The summed E-state index contributed by atoms with van der Waals surface area (Å²) < 4.78 is 0. The lowest BCUT2D eigenvalue weighted by atomic mass is 9.97. The van der Waals surface area contributed by atoms with Gasteiger partial charge in [-0.15, -0.1) is 0 Å². The van der Waals surface area contributed by atoms with Crippen LogP contribution in [-0.2, 0) is 12.8 Å². The van der Waals surface area contributed by atoms with E-state index in [1.54, 1.807) is 0 Å². The maximum absolute atomic E-state index is 6.05. The van der Waals surface area contributed by atoms with Crippen LogP contribution in [0.5, 0.6) is 0 Å². The highest BCUT2D eigenvalue weighted by Crippen LogP contribution is 2.23. The van der Waals surface area contributed by atoms with E-state index in [2.05, 4.69) is 36.6 Å². The number of benzene rings is 2. The van der Waals surface area contributed by atoms with Gasteiger partial charge in [0.05, 0.1) is 10.0 Å². The van der Waals surface area contributed by atoms with Gasteiger partial charge in [-0.1, -0.05) is 53.5 Å². The minimum Gasteiger partial charge on any atom is -0.271 e. The van der Waals surface area contributed by atoms with Crippen LogP contribution in [0.3, 0.4) is 0 Å². The molecule has 0 saturated carbocycles. The van der Waals surface area contributed by atoms with E-state index in [0.717, 1.165) is 24.8 Å². The molecule has 0 aliphatic rings. The molecule has 0 amide bonds. The zero-order valence-corrected chi connectivity index (χ0v) is 13.6. The lowest BCUT2D eigenvalue weighted by Gasteiger charge is -2.17. The Labute approximate surface area is 136 Å². The fourth-order valence-electron chi connectivity index (χ4n) is 2.42. The van der Waals surface area contributed by atoms with Crippen molar-refractivity contribution < 1.29 is 0 Å². The van der Waals surface area contributed by atoms with Crippen LogP contribution in [0, 0.1) is 6.92 Å². The van der Waals surface area contributed by atoms with E-state index >= 15 is 0 Å². The Kier molecular flexibility index (Phi) is 6.07. The molecule has 0 spiro atoms. The molecule has 0 aromatic heterocycles. The smallest absolute Gasteiger partial charge is 0.0595 e. The second-order valence-electron chi connectivity index (χ2n) is 5.28. The topological polar surface area (TPSA) is 38.0 Å². The molecular weight excluding hydrogens is 303 g/mol. The van der Waals surface area contributed by atoms with E-state index in [-0.39, 0.29) is 6.04 Å². The first-order valence-electron chi connectivity index (χ1n) is 7.04. The number of nitrogens with one attached hydrogen (secondary N) is 1. The van der Waals surface area contributed by atoms with E-state index in [0.29, 0.717) is 10.0 Å². The quantitative estimate of drug-likeness (QED) is 0.614. The van der Waals surface area contributed by atoms with Crippen molar-refractivity contribution in [3.05, 3.63) is 69.2 Å². The summed E-state index contributed by atoms with van der Waals surface area (Å²) in [4.78, 5) is 0. The largest absolute Gasteiger partial charge is 0.271 e. The molecule has 2 rings (SSSR count). The molecule has 21 heavy (non-hydrogen) atoms. The number of rotatable bonds is 6. The van der Waals surface area contributed by atoms with Crippen LogP contribution >= 0.6 is 23.2 Å². The van der Waals surface area contributed by atoms with Gasteiger partial charge in [0.15, 0.2) is 0 Å². The van der Waals surface area contributed by atoms with E-state index in [1.807, 2.05) is 18.2 Å². The highest BCUT2D eigenvalue weighted by atomic mass is 35.5. The van der Waals surface area contributed by atoms with Crippen LogP contribution < -0.4 is 11.3 Å². The van der Waals surface area contributed by atoms with Gasteiger partial charge in [-0.3, -0.25) is 11.3 Å². The second-order valence-corrected chi connectivity index (χ2v) is 6.10. The Hall–Kier alpha value is -1.06. The van der Waals surface area contributed by atoms with Crippen LogP contribution in [0.15, 0.2) is 42.5 Å². The van der Waals surface area contributed by atoms with Gasteiger partial charge < -0.3 is 0 Å². The van der Waals surface area contributed by atoms with Crippen LogP contribution in [0.1, 0.15) is 23.1 Å². The summed E-state index contributed by atoms with van der Waals surface area (Å²) in [6.45, 7) is 2.14. The maximum atomic E-state index is 6.05. The molecule has 0 heterocycles. The first-order valence-corrected chi connectivity index (χ1v) is 7.80. The summed E-state index contributed by atoms with van der Waals surface area (Å²) in [5, 5.41) is 1.17. The van der Waals surface area contributed by atoms with Gasteiger partial charge >= 0.3 is 0 Å². The van der Waals surface area contributed by atoms with Crippen molar-refractivity contribution in [1.29, 1.82) is 0 Å². The molecule has 4 heteroatoms. The molecule has 0 aliphatic heterocycles. The summed E-state index contributed by atoms with van der Waals surface area (Å²) in [6.07, 6.45) is 2.81. The third-order valence-corrected chi connectivity index (χ3v) is 4.46. The number of hydrazine groups is 1. The standard InChI is InChI=1S/C17H20Cl2N2/c1-12-4-2-3-5-14(12)7-8-15(21-20)10-13-6-9-16(18)17(19)11-13/h2-6,9,11,15,21H,7-8,10,20H2,1H3. The summed E-state index contributed by atoms with van der Waals surface area (Å²) in [7, 11) is 0. The highest BCUT2D eigenvalue weighted by molar-refractivity contribution is 6.42. The number of halogens is 2. The Morgan fingerprint density at radius 1 is 1.10 bits per heavy atom. The molecule has 0 saturated heterocycles. The summed E-state index contributed by atoms with van der Waals surface area (Å²) in [5.41, 5.74) is 6.72. The number of hydrogen-bond donors (Lipinski definition) is 2. The van der Waals surface area contributed by atoms with Crippen molar-refractivity contribution in [3.63, 3.8) is 0 Å². The molecule has 0 fully saturated rings. The normalized spacial score (nSPS) is 12.4. The monoisotopic (exact) mass is 322 g/mol. The third-order valence-electron chi connectivity index (χ3n) is 3.73. The lowest BCUT2D eigenvalue weighted by molar-refractivity contribution is 0.491. The van der Waals surface area contributed by atoms with Gasteiger partial charge in [0.25, 0.3) is 0 Å². The predicted octanol–water partition coefficient (Wildman–Crippen LogP) is 4.31. The van der Waals surface area contributed by atoms with Gasteiger partial charge in [-0.2, -0.15) is 0 Å². The van der Waals surface area contributed by atoms with Gasteiger partial charge in [0.1, 0.15) is 0 Å². The lowest BCUT2D eigenvalue weighted by Crippen LogP contribution is -2.37. The maximum Gasteiger partial charge on any atom is 0.0595 e. The van der Waals surface area contributed by atoms with Crippen molar-refractivity contribution in [2.24, 2.45) is 5.84 Å². The Balaban J connectivity index is 1.97. The molecule has 2 aromatic carbocycles. The van der Waals surface area contributed by atoms with Crippen molar-refractivity contribution >= 4 is 23.2 Å². The average Bonchev–Trinajstić information content (AvgIpc) is 2.48. The molecule has 2 aromatic rings. The van der Waals surface area contributed by atoms with Crippen molar-refractivity contribution in [3.8, 4) is 0 Å². The van der Waals surface area contributed by atoms with Crippen molar-refractivity contribution in [1.82, 2.24) is 5.43 Å². The predicted molar refractivity (Wildman–Crippen MR) is 90.8 cm³/mol. The van der Waals surface area contributed by atoms with Crippen LogP contribution in [-0.4, -0.2) is 6.04 Å². The van der Waals surface area contributed by atoms with Crippen LogP contribution in [0.25, 0.3) is 0 Å². The SMILES string of the molecule is Cc1ccccc1CCC(Cc1ccc(Cl)c(Cl)c1)NN. The first-order chi connectivity index (χ1) is 10.1. The summed E-state index contributed by atoms with van der Waals surface area (Å²) in [6, 6.07) is 14.4. The molecule has 0 radical (unpaired) electrons. The second kappa shape index (κ2) is 7.81. The fraction of sp³-hybridized carbons (Fsp3) is 0.294. The van der Waals surface area contributed by atoms with Gasteiger partial charge in [-0.25, -0.2) is 0 Å². The zero-order valence-electron chi connectivity index (χ0n) is 12.1. The van der Waals surface area contributed by atoms with Crippen molar-refractivity contribution in [2.45, 2.75) is 32.2 Å². The van der Waals surface area contributed by atoms with E-state index in [4.69, 9.17) is 29.0 Å². The Morgan fingerprint density at radius 2 is 1.86 bits per heavy atom. The van der Waals surface area contributed by atoms with E-state index in [1.165, 1.54) is 11.1 Å². The highest BCUT2D eigenvalue weighted by Gasteiger charge is 2.10. The Bertz CT molecular complexity index is 599. The summed E-state index contributed by atoms with van der Waals surface area (Å²) >= 11 is 12.0. The first kappa shape index (κ1) is 16.3. The minimum atomic E-state index is 0.210. The van der Waals surface area contributed by atoms with E-state index < -0.39 is 0 Å². The number of hydrogen-bond acceptors (Lipinski definition) is 2. The van der Waals surface area contributed by atoms with Gasteiger partial charge in [0.2, 0.25) is 0 Å². The number of nitrogens with two attached hydrogens (primary N) is 1. The molecule has 112 valence electrons. The number of aryl methyl sites for hydroxylation is 2. The molecule has 2 nitrogen and oxygen atoms in total. The average molecular weight is 323 g/mol. The van der Waals surface area contributed by atoms with Gasteiger partial charge in [0, 0.05) is 6.04 Å². The van der Waals surface area contributed by atoms with Gasteiger partial charge in [-0.05, 0) is 55.0 Å². The third kappa shape index (κ3) is 4.72. The molecule has 1 unspecified atom stereocenters. The minimum absolute atomic E-state index is 0.210. The zero-order chi connectivity index (χ0) is 15.2. The summed E-state index contributed by atoms with van der Waals surface area (Å²) in [5.74, 6) is 5.68. The van der Waals surface area contributed by atoms with Crippen molar-refractivity contribution in [2.75, 3.05) is 0 Å². The molecule has 1 atom stereocenters. The molecule has 0 aliphatic carbocycles. The molecule has 0 bridgehead atoms. The molecule has 3 N–H and O–H groups in total.